The van der Waals surface area contributed by atoms with Gasteiger partial charge in [0.05, 0.1) is 4.92 Å². The summed E-state index contributed by atoms with van der Waals surface area (Å²) in [6.45, 7) is 3.44. The van der Waals surface area contributed by atoms with Gasteiger partial charge in [-0.15, -0.1) is 0 Å². The highest BCUT2D eigenvalue weighted by atomic mass is 16.6. The summed E-state index contributed by atoms with van der Waals surface area (Å²) in [5.74, 6) is -0.530. The summed E-state index contributed by atoms with van der Waals surface area (Å²) in [6.07, 6.45) is 1.95. The van der Waals surface area contributed by atoms with Crippen LogP contribution in [0.1, 0.15) is 30.3 Å². The Balaban J connectivity index is 2.38. The molecule has 19 heavy (non-hydrogen) atoms. The standard InChI is InChI=1S/C12H15N3O4/c1-2-8-5-6-14(7-8)11-10(15(18)19)4-3-9(13-11)12(16)17/h3-4,8H,2,5-7H2,1H3,(H,16,17). The van der Waals surface area contributed by atoms with E-state index in [1.807, 2.05) is 0 Å². The molecule has 0 saturated carbocycles. The van der Waals surface area contributed by atoms with Crippen molar-refractivity contribution in [3.8, 4) is 0 Å². The third kappa shape index (κ3) is 2.64. The van der Waals surface area contributed by atoms with Gasteiger partial charge in [-0.3, -0.25) is 10.1 Å². The number of hydrogen-bond donors (Lipinski definition) is 1. The number of carbonyl (C=O) groups is 1. The molecular weight excluding hydrogens is 250 g/mol. The molecule has 0 radical (unpaired) electrons. The minimum atomic E-state index is -1.18. The van der Waals surface area contributed by atoms with Crippen LogP contribution in [0, 0.1) is 16.0 Å². The van der Waals surface area contributed by atoms with Gasteiger partial charge >= 0.3 is 11.7 Å². The summed E-state index contributed by atoms with van der Waals surface area (Å²) in [7, 11) is 0. The van der Waals surface area contributed by atoms with Crippen molar-refractivity contribution >= 4 is 17.5 Å². The SMILES string of the molecule is CCC1CCN(c2nc(C(=O)O)ccc2[N+](=O)[O-])C1. The van der Waals surface area contributed by atoms with E-state index in [2.05, 4.69) is 11.9 Å². The molecule has 1 aliphatic heterocycles. The zero-order chi connectivity index (χ0) is 14.0. The van der Waals surface area contributed by atoms with Gasteiger partial charge in [-0.1, -0.05) is 13.3 Å². The van der Waals surface area contributed by atoms with E-state index in [4.69, 9.17) is 5.11 Å². The van der Waals surface area contributed by atoms with E-state index in [1.54, 1.807) is 4.90 Å². The van der Waals surface area contributed by atoms with Crippen molar-refractivity contribution < 1.29 is 14.8 Å². The molecule has 1 unspecified atom stereocenters. The normalized spacial score (nSPS) is 18.6. The van der Waals surface area contributed by atoms with Crippen LogP contribution < -0.4 is 4.90 Å². The molecule has 0 bridgehead atoms. The number of rotatable bonds is 4. The average molecular weight is 265 g/mol. The van der Waals surface area contributed by atoms with Crippen LogP contribution in [0.25, 0.3) is 0 Å². The van der Waals surface area contributed by atoms with Gasteiger partial charge in [-0.25, -0.2) is 9.78 Å². The summed E-state index contributed by atoms with van der Waals surface area (Å²) in [6, 6.07) is 2.38. The number of hydrogen-bond acceptors (Lipinski definition) is 5. The summed E-state index contributed by atoms with van der Waals surface area (Å²) < 4.78 is 0. The van der Waals surface area contributed by atoms with Crippen LogP contribution >= 0.6 is 0 Å². The maximum Gasteiger partial charge on any atom is 0.354 e. The molecule has 1 N–H and O–H groups in total. The molecule has 1 atom stereocenters. The number of carboxylic acid groups (broad SMARTS) is 1. The molecule has 1 aromatic heterocycles. The highest BCUT2D eigenvalue weighted by Gasteiger charge is 2.29. The molecule has 2 rings (SSSR count). The smallest absolute Gasteiger partial charge is 0.354 e. The molecule has 7 nitrogen and oxygen atoms in total. The lowest BCUT2D eigenvalue weighted by molar-refractivity contribution is -0.384. The molecule has 7 heteroatoms. The van der Waals surface area contributed by atoms with Crippen LogP contribution in [0.4, 0.5) is 11.5 Å². The zero-order valence-electron chi connectivity index (χ0n) is 10.6. The molecule has 0 aromatic carbocycles. The maximum atomic E-state index is 11.0. The van der Waals surface area contributed by atoms with Gasteiger partial charge in [0.15, 0.2) is 5.69 Å². The van der Waals surface area contributed by atoms with Crippen molar-refractivity contribution in [2.24, 2.45) is 5.92 Å². The van der Waals surface area contributed by atoms with Crippen LogP contribution in [0.3, 0.4) is 0 Å². The Morgan fingerprint density at radius 2 is 2.37 bits per heavy atom. The average Bonchev–Trinajstić information content (AvgIpc) is 2.86. The Morgan fingerprint density at radius 1 is 1.63 bits per heavy atom. The lowest BCUT2D eigenvalue weighted by atomic mass is 10.1. The monoisotopic (exact) mass is 265 g/mol. The minimum Gasteiger partial charge on any atom is -0.477 e. The fourth-order valence-corrected chi connectivity index (χ4v) is 2.29. The molecule has 0 amide bonds. The Hall–Kier alpha value is -2.18. The van der Waals surface area contributed by atoms with E-state index >= 15 is 0 Å². The first-order valence-corrected chi connectivity index (χ1v) is 6.16. The number of pyridine rings is 1. The van der Waals surface area contributed by atoms with Gasteiger partial charge < -0.3 is 10.0 Å². The second-order valence-corrected chi connectivity index (χ2v) is 4.61. The third-order valence-electron chi connectivity index (χ3n) is 3.43. The molecule has 102 valence electrons. The molecule has 2 heterocycles. The fraction of sp³-hybridized carbons (Fsp3) is 0.500. The van der Waals surface area contributed by atoms with Gasteiger partial charge in [0.1, 0.15) is 0 Å². The van der Waals surface area contributed by atoms with E-state index in [0.717, 1.165) is 18.9 Å². The molecular formula is C12H15N3O4. The summed E-state index contributed by atoms with van der Waals surface area (Å²) >= 11 is 0. The number of nitrogens with zero attached hydrogens (tertiary/aromatic N) is 3. The number of anilines is 1. The first kappa shape index (κ1) is 13.3. The lowest BCUT2D eigenvalue weighted by Crippen LogP contribution is -2.22. The highest BCUT2D eigenvalue weighted by Crippen LogP contribution is 2.31. The van der Waals surface area contributed by atoms with E-state index in [0.29, 0.717) is 19.0 Å². The van der Waals surface area contributed by atoms with Crippen molar-refractivity contribution in [3.05, 3.63) is 27.9 Å². The quantitative estimate of drug-likeness (QED) is 0.660. The largest absolute Gasteiger partial charge is 0.477 e. The summed E-state index contributed by atoms with van der Waals surface area (Å²) in [4.78, 5) is 27.1. The Kier molecular flexibility index (Phi) is 3.64. The number of aromatic nitrogens is 1. The Labute approximate surface area is 110 Å². The van der Waals surface area contributed by atoms with Crippen molar-refractivity contribution in [1.29, 1.82) is 0 Å². The first-order chi connectivity index (χ1) is 9.02. The minimum absolute atomic E-state index is 0.137. The second-order valence-electron chi connectivity index (χ2n) is 4.61. The zero-order valence-corrected chi connectivity index (χ0v) is 10.6. The second kappa shape index (κ2) is 5.21. The van der Waals surface area contributed by atoms with Gasteiger partial charge in [-0.05, 0) is 18.4 Å². The Bertz CT molecular complexity index is 518. The topological polar surface area (TPSA) is 96.6 Å². The fourth-order valence-electron chi connectivity index (χ4n) is 2.29. The molecule has 0 spiro atoms. The summed E-state index contributed by atoms with van der Waals surface area (Å²) in [5.41, 5.74) is -0.303. The number of carboxylic acids is 1. The molecule has 1 fully saturated rings. The van der Waals surface area contributed by atoms with Crippen molar-refractivity contribution in [1.82, 2.24) is 4.98 Å². The van der Waals surface area contributed by atoms with Gasteiger partial charge in [0.25, 0.3) is 0 Å². The van der Waals surface area contributed by atoms with Crippen LogP contribution in [0.5, 0.6) is 0 Å². The maximum absolute atomic E-state index is 11.0. The summed E-state index contributed by atoms with van der Waals surface area (Å²) in [5, 5.41) is 19.9. The predicted molar refractivity (Wildman–Crippen MR) is 68.5 cm³/mol. The molecule has 0 aliphatic carbocycles. The first-order valence-electron chi connectivity index (χ1n) is 6.16. The van der Waals surface area contributed by atoms with Crippen molar-refractivity contribution in [2.45, 2.75) is 19.8 Å². The van der Waals surface area contributed by atoms with Gasteiger partial charge in [0.2, 0.25) is 5.82 Å². The highest BCUT2D eigenvalue weighted by molar-refractivity contribution is 5.86. The van der Waals surface area contributed by atoms with Crippen molar-refractivity contribution in [2.75, 3.05) is 18.0 Å². The molecule has 1 aliphatic rings. The van der Waals surface area contributed by atoms with Crippen molar-refractivity contribution in [3.63, 3.8) is 0 Å². The van der Waals surface area contributed by atoms with E-state index in [1.165, 1.54) is 6.07 Å². The number of aromatic carboxylic acids is 1. The van der Waals surface area contributed by atoms with Gasteiger partial charge in [0, 0.05) is 19.2 Å². The van der Waals surface area contributed by atoms with Crippen LogP contribution in [0.15, 0.2) is 12.1 Å². The predicted octanol–water partition coefficient (Wildman–Crippen LogP) is 1.92. The van der Waals surface area contributed by atoms with E-state index < -0.39 is 10.9 Å². The van der Waals surface area contributed by atoms with Crippen LogP contribution in [-0.2, 0) is 0 Å². The molecule has 1 saturated heterocycles. The molecule has 1 aromatic rings. The Morgan fingerprint density at radius 3 is 2.89 bits per heavy atom. The van der Waals surface area contributed by atoms with Crippen LogP contribution in [0.2, 0.25) is 0 Å². The van der Waals surface area contributed by atoms with E-state index in [-0.39, 0.29) is 17.2 Å². The number of nitro groups is 1. The van der Waals surface area contributed by atoms with E-state index in [9.17, 15) is 14.9 Å². The van der Waals surface area contributed by atoms with Crippen LogP contribution in [-0.4, -0.2) is 34.1 Å². The third-order valence-corrected chi connectivity index (χ3v) is 3.43. The van der Waals surface area contributed by atoms with Gasteiger partial charge in [-0.2, -0.15) is 0 Å². The lowest BCUT2D eigenvalue weighted by Gasteiger charge is -2.17.